The van der Waals surface area contributed by atoms with Crippen molar-refractivity contribution in [2.75, 3.05) is 0 Å². The molecule has 0 radical (unpaired) electrons. The van der Waals surface area contributed by atoms with Crippen molar-refractivity contribution in [1.82, 2.24) is 10.4 Å². The highest BCUT2D eigenvalue weighted by Gasteiger charge is 2.18. The molecule has 1 aromatic carbocycles. The minimum Gasteiger partial charge on any atom is -0.267 e. The lowest BCUT2D eigenvalue weighted by Crippen LogP contribution is -2.20. The summed E-state index contributed by atoms with van der Waals surface area (Å²) in [7, 11) is 0. The highest BCUT2D eigenvalue weighted by atomic mass is 16.6. The summed E-state index contributed by atoms with van der Waals surface area (Å²) >= 11 is 0. The molecule has 7 nitrogen and oxygen atoms in total. The average molecular weight is 284 g/mol. The zero-order valence-corrected chi connectivity index (χ0v) is 11.2. The van der Waals surface area contributed by atoms with Crippen LogP contribution in [0.2, 0.25) is 0 Å². The third-order valence-corrected chi connectivity index (χ3v) is 2.75. The molecule has 2 rings (SSSR count). The lowest BCUT2D eigenvalue weighted by Gasteiger charge is -2.03. The Morgan fingerprint density at radius 3 is 2.71 bits per heavy atom. The van der Waals surface area contributed by atoms with Crippen LogP contribution in [0, 0.1) is 10.1 Å². The second-order valence-corrected chi connectivity index (χ2v) is 4.15. The number of nitrogens with zero attached hydrogens (tertiary/aromatic N) is 3. The van der Waals surface area contributed by atoms with Crippen LogP contribution >= 0.6 is 0 Å². The summed E-state index contributed by atoms with van der Waals surface area (Å²) in [6.07, 6.45) is 3.23. The fourth-order valence-corrected chi connectivity index (χ4v) is 1.66. The van der Waals surface area contributed by atoms with Crippen LogP contribution in [0.1, 0.15) is 22.8 Å². The number of nitro groups is 1. The van der Waals surface area contributed by atoms with Gasteiger partial charge >= 0.3 is 0 Å². The molecule has 1 heterocycles. The molecule has 1 amide bonds. The Balaban J connectivity index is 2.18. The van der Waals surface area contributed by atoms with Gasteiger partial charge in [-0.25, -0.2) is 5.43 Å². The molecular weight excluding hydrogens is 272 g/mol. The molecule has 0 saturated carbocycles. The van der Waals surface area contributed by atoms with Crippen LogP contribution in [0.15, 0.2) is 53.9 Å². The molecule has 0 aliphatic heterocycles. The molecule has 2 aromatic rings. The Morgan fingerprint density at radius 1 is 1.29 bits per heavy atom. The number of hydrazone groups is 1. The van der Waals surface area contributed by atoms with E-state index in [1.54, 1.807) is 37.5 Å². The fraction of sp³-hybridized carbons (Fsp3) is 0.0714. The van der Waals surface area contributed by atoms with Gasteiger partial charge in [-0.1, -0.05) is 18.2 Å². The Bertz CT molecular complexity index is 698. The molecule has 0 atom stereocenters. The van der Waals surface area contributed by atoms with Crippen molar-refractivity contribution in [3.63, 3.8) is 0 Å². The molecule has 1 aromatic heterocycles. The van der Waals surface area contributed by atoms with Gasteiger partial charge in [0.05, 0.1) is 10.6 Å². The van der Waals surface area contributed by atoms with Crippen LogP contribution in [0.5, 0.6) is 0 Å². The number of pyridine rings is 1. The number of nitrogens with one attached hydrogen (secondary N) is 1. The number of para-hydroxylation sites is 1. The highest BCUT2D eigenvalue weighted by Crippen LogP contribution is 2.17. The second-order valence-electron chi connectivity index (χ2n) is 4.15. The lowest BCUT2D eigenvalue weighted by atomic mass is 10.2. The van der Waals surface area contributed by atoms with Crippen molar-refractivity contribution in [1.29, 1.82) is 0 Å². The molecule has 0 aliphatic rings. The SMILES string of the molecule is C/C(=N\NC(=O)c1ccccc1[N+](=O)[O-])c1cccnc1. The quantitative estimate of drug-likeness (QED) is 0.528. The summed E-state index contributed by atoms with van der Waals surface area (Å²) in [6, 6.07) is 9.24. The van der Waals surface area contributed by atoms with E-state index in [2.05, 4.69) is 15.5 Å². The van der Waals surface area contributed by atoms with Crippen LogP contribution in [-0.2, 0) is 0 Å². The molecule has 0 bridgehead atoms. The fourth-order valence-electron chi connectivity index (χ4n) is 1.66. The van der Waals surface area contributed by atoms with Gasteiger partial charge < -0.3 is 0 Å². The highest BCUT2D eigenvalue weighted by molar-refractivity contribution is 6.01. The third kappa shape index (κ3) is 3.47. The van der Waals surface area contributed by atoms with Crippen LogP contribution in [-0.4, -0.2) is 21.5 Å². The molecule has 7 heteroatoms. The Kier molecular flexibility index (Phi) is 4.35. The number of nitro benzene ring substituents is 1. The van der Waals surface area contributed by atoms with Gasteiger partial charge in [-0.3, -0.25) is 19.9 Å². The van der Waals surface area contributed by atoms with Crippen molar-refractivity contribution >= 4 is 17.3 Å². The Morgan fingerprint density at radius 2 is 2.05 bits per heavy atom. The number of rotatable bonds is 4. The summed E-state index contributed by atoms with van der Waals surface area (Å²) in [5.41, 5.74) is 3.31. The first-order chi connectivity index (χ1) is 10.1. The van der Waals surface area contributed by atoms with Gasteiger partial charge in [0.2, 0.25) is 0 Å². The van der Waals surface area contributed by atoms with Gasteiger partial charge in [-0.15, -0.1) is 0 Å². The van der Waals surface area contributed by atoms with Crippen LogP contribution in [0.25, 0.3) is 0 Å². The topological polar surface area (TPSA) is 97.5 Å². The molecule has 0 saturated heterocycles. The molecule has 106 valence electrons. The third-order valence-electron chi connectivity index (χ3n) is 2.75. The Labute approximate surface area is 120 Å². The van der Waals surface area contributed by atoms with E-state index < -0.39 is 10.8 Å². The number of carbonyl (C=O) groups excluding carboxylic acids is 1. The molecule has 0 aliphatic carbocycles. The Hall–Kier alpha value is -3.09. The smallest absolute Gasteiger partial charge is 0.267 e. The van der Waals surface area contributed by atoms with E-state index in [9.17, 15) is 14.9 Å². The maximum Gasteiger partial charge on any atom is 0.282 e. The summed E-state index contributed by atoms with van der Waals surface area (Å²) in [4.78, 5) is 26.2. The molecule has 1 N–H and O–H groups in total. The van der Waals surface area contributed by atoms with Gasteiger partial charge in [0.15, 0.2) is 0 Å². The predicted molar refractivity (Wildman–Crippen MR) is 77.0 cm³/mol. The zero-order chi connectivity index (χ0) is 15.2. The summed E-state index contributed by atoms with van der Waals surface area (Å²) < 4.78 is 0. The standard InChI is InChI=1S/C14H12N4O3/c1-10(11-5-4-8-15-9-11)16-17-14(19)12-6-2-3-7-13(12)18(20)21/h2-9H,1H3,(H,17,19)/b16-10+. The van der Waals surface area contributed by atoms with Crippen molar-refractivity contribution in [2.45, 2.75) is 6.92 Å². The largest absolute Gasteiger partial charge is 0.282 e. The molecule has 0 unspecified atom stereocenters. The van der Waals surface area contributed by atoms with Gasteiger partial charge in [0, 0.05) is 24.0 Å². The van der Waals surface area contributed by atoms with E-state index in [-0.39, 0.29) is 11.3 Å². The first kappa shape index (κ1) is 14.3. The molecular formula is C14H12N4O3. The number of amides is 1. The number of hydrogen-bond acceptors (Lipinski definition) is 5. The van der Waals surface area contributed by atoms with Gasteiger partial charge in [0.25, 0.3) is 11.6 Å². The predicted octanol–water partition coefficient (Wildman–Crippen LogP) is 2.14. The van der Waals surface area contributed by atoms with Crippen molar-refractivity contribution < 1.29 is 9.72 Å². The molecule has 0 fully saturated rings. The van der Waals surface area contributed by atoms with Crippen LogP contribution in [0.4, 0.5) is 5.69 Å². The number of carbonyl (C=O) groups is 1. The van der Waals surface area contributed by atoms with E-state index in [1.807, 2.05) is 0 Å². The molecule has 0 spiro atoms. The van der Waals surface area contributed by atoms with E-state index in [1.165, 1.54) is 18.2 Å². The normalized spacial score (nSPS) is 11.0. The number of benzene rings is 1. The zero-order valence-electron chi connectivity index (χ0n) is 11.2. The van der Waals surface area contributed by atoms with Crippen molar-refractivity contribution in [3.8, 4) is 0 Å². The first-order valence-electron chi connectivity index (χ1n) is 6.08. The van der Waals surface area contributed by atoms with Crippen molar-refractivity contribution in [3.05, 3.63) is 70.0 Å². The van der Waals surface area contributed by atoms with E-state index in [0.29, 0.717) is 5.71 Å². The van der Waals surface area contributed by atoms with Crippen LogP contribution in [0.3, 0.4) is 0 Å². The maximum atomic E-state index is 12.0. The second kappa shape index (κ2) is 6.38. The van der Waals surface area contributed by atoms with E-state index in [0.717, 1.165) is 5.56 Å². The summed E-state index contributed by atoms with van der Waals surface area (Å²) in [5.74, 6) is -0.634. The first-order valence-corrected chi connectivity index (χ1v) is 6.08. The summed E-state index contributed by atoms with van der Waals surface area (Å²) in [5, 5.41) is 14.8. The monoisotopic (exact) mass is 284 g/mol. The maximum absolute atomic E-state index is 12.0. The van der Waals surface area contributed by atoms with Gasteiger partial charge in [-0.05, 0) is 19.1 Å². The van der Waals surface area contributed by atoms with E-state index in [4.69, 9.17) is 0 Å². The van der Waals surface area contributed by atoms with Gasteiger partial charge in [-0.2, -0.15) is 5.10 Å². The number of aromatic nitrogens is 1. The lowest BCUT2D eigenvalue weighted by molar-refractivity contribution is -0.385. The minimum absolute atomic E-state index is 0.0368. The number of hydrogen-bond donors (Lipinski definition) is 1. The summed E-state index contributed by atoms with van der Waals surface area (Å²) in [6.45, 7) is 1.71. The minimum atomic E-state index is -0.634. The van der Waals surface area contributed by atoms with Crippen LogP contribution < -0.4 is 5.43 Å². The van der Waals surface area contributed by atoms with Crippen molar-refractivity contribution in [2.24, 2.45) is 5.10 Å². The van der Waals surface area contributed by atoms with Gasteiger partial charge in [0.1, 0.15) is 5.56 Å². The average Bonchev–Trinajstić information content (AvgIpc) is 2.53. The van der Waals surface area contributed by atoms with E-state index >= 15 is 0 Å². The molecule has 21 heavy (non-hydrogen) atoms.